The molecule has 1 aromatic carbocycles. The third-order valence-corrected chi connectivity index (χ3v) is 4.18. The van der Waals surface area contributed by atoms with E-state index in [1.54, 1.807) is 14.2 Å². The van der Waals surface area contributed by atoms with Crippen molar-refractivity contribution in [2.75, 3.05) is 45.3 Å². The maximum atomic E-state index is 11.7. The second-order valence-corrected chi connectivity index (χ2v) is 5.87. The van der Waals surface area contributed by atoms with Crippen LogP contribution in [0.1, 0.15) is 19.3 Å². The summed E-state index contributed by atoms with van der Waals surface area (Å²) in [4.78, 5) is 14.0. The van der Waals surface area contributed by atoms with E-state index in [1.165, 1.54) is 0 Å². The van der Waals surface area contributed by atoms with Crippen LogP contribution in [0.5, 0.6) is 11.5 Å². The van der Waals surface area contributed by atoms with Gasteiger partial charge in [0.25, 0.3) is 0 Å². The molecule has 0 radical (unpaired) electrons. The first-order valence-electron chi connectivity index (χ1n) is 8.11. The van der Waals surface area contributed by atoms with Gasteiger partial charge in [0.1, 0.15) is 11.5 Å². The second-order valence-electron chi connectivity index (χ2n) is 5.87. The summed E-state index contributed by atoms with van der Waals surface area (Å²) in [6, 6.07) is 5.91. The molecule has 1 fully saturated rings. The van der Waals surface area contributed by atoms with Crippen molar-refractivity contribution < 1.29 is 14.3 Å². The Morgan fingerprint density at radius 2 is 1.88 bits per heavy atom. The Labute approximate surface area is 162 Å². The number of halogens is 2. The fourth-order valence-electron chi connectivity index (χ4n) is 2.82. The van der Waals surface area contributed by atoms with Gasteiger partial charge >= 0.3 is 0 Å². The van der Waals surface area contributed by atoms with Crippen molar-refractivity contribution in [1.82, 2.24) is 5.32 Å². The molecule has 1 atom stereocenters. The molecular formula is C17H29Cl2N3O3. The standard InChI is InChI=1S/C17H27N3O3.2ClH/c1-22-15-8-14(9-16(10-15)23-2)20-7-5-13(12-20)11-19-17(21)4-3-6-18;;/h8-10,13H,3-7,11-12,18H2,1-2H3,(H,19,21);2*1H. The van der Waals surface area contributed by atoms with Gasteiger partial charge in [-0.25, -0.2) is 0 Å². The van der Waals surface area contributed by atoms with Gasteiger partial charge in [-0.1, -0.05) is 0 Å². The van der Waals surface area contributed by atoms with E-state index < -0.39 is 0 Å². The summed E-state index contributed by atoms with van der Waals surface area (Å²) in [6.07, 6.45) is 2.32. The quantitative estimate of drug-likeness (QED) is 0.707. The third-order valence-electron chi connectivity index (χ3n) is 4.18. The van der Waals surface area contributed by atoms with Crippen molar-refractivity contribution in [2.45, 2.75) is 19.3 Å². The number of benzene rings is 1. The third kappa shape index (κ3) is 7.18. The highest BCUT2D eigenvalue weighted by Crippen LogP contribution is 2.31. The van der Waals surface area contributed by atoms with E-state index in [0.29, 0.717) is 18.9 Å². The van der Waals surface area contributed by atoms with Crippen LogP contribution in [0.3, 0.4) is 0 Å². The van der Waals surface area contributed by atoms with Crippen LogP contribution in [0.4, 0.5) is 5.69 Å². The molecular weight excluding hydrogens is 365 g/mol. The van der Waals surface area contributed by atoms with Gasteiger partial charge < -0.3 is 25.4 Å². The molecule has 0 aliphatic carbocycles. The van der Waals surface area contributed by atoms with Crippen molar-refractivity contribution in [1.29, 1.82) is 0 Å². The number of rotatable bonds is 8. The van der Waals surface area contributed by atoms with Crippen LogP contribution in [-0.4, -0.2) is 46.3 Å². The molecule has 0 aromatic heterocycles. The normalized spacial score (nSPS) is 15.8. The highest BCUT2D eigenvalue weighted by Gasteiger charge is 2.23. The Hall–Kier alpha value is -1.37. The van der Waals surface area contributed by atoms with Crippen LogP contribution in [0.2, 0.25) is 0 Å². The minimum atomic E-state index is 0. The SMILES string of the molecule is COc1cc(OC)cc(N2CCC(CNC(=O)CCCN)C2)c1.Cl.Cl. The van der Waals surface area contributed by atoms with Crippen molar-refractivity contribution >= 4 is 36.4 Å². The van der Waals surface area contributed by atoms with Crippen molar-refractivity contribution in [3.8, 4) is 11.5 Å². The summed E-state index contributed by atoms with van der Waals surface area (Å²) < 4.78 is 10.7. The van der Waals surface area contributed by atoms with Gasteiger partial charge in [-0.3, -0.25) is 4.79 Å². The Kier molecular flexibility index (Phi) is 11.4. The summed E-state index contributed by atoms with van der Waals surface area (Å²) in [5.41, 5.74) is 6.51. The van der Waals surface area contributed by atoms with Crippen LogP contribution in [-0.2, 0) is 4.79 Å². The van der Waals surface area contributed by atoms with Gasteiger partial charge in [-0.05, 0) is 25.3 Å². The topological polar surface area (TPSA) is 76.8 Å². The Morgan fingerprint density at radius 3 is 2.44 bits per heavy atom. The fourth-order valence-corrected chi connectivity index (χ4v) is 2.82. The summed E-state index contributed by atoms with van der Waals surface area (Å²) in [5, 5.41) is 3.01. The van der Waals surface area contributed by atoms with Crippen LogP contribution in [0, 0.1) is 5.92 Å². The van der Waals surface area contributed by atoms with E-state index in [9.17, 15) is 4.79 Å². The van der Waals surface area contributed by atoms with Gasteiger partial charge in [-0.15, -0.1) is 24.8 Å². The van der Waals surface area contributed by atoms with Crippen LogP contribution in [0.25, 0.3) is 0 Å². The van der Waals surface area contributed by atoms with Gasteiger partial charge in [-0.2, -0.15) is 0 Å². The van der Waals surface area contributed by atoms with Gasteiger partial charge in [0.05, 0.1) is 14.2 Å². The van der Waals surface area contributed by atoms with E-state index in [4.69, 9.17) is 15.2 Å². The summed E-state index contributed by atoms with van der Waals surface area (Å²) in [7, 11) is 3.31. The van der Waals surface area contributed by atoms with Gasteiger partial charge in [0.2, 0.25) is 5.91 Å². The fraction of sp³-hybridized carbons (Fsp3) is 0.588. The number of amides is 1. The number of nitrogens with zero attached hydrogens (tertiary/aromatic N) is 1. The predicted octanol–water partition coefficient (Wildman–Crippen LogP) is 2.23. The molecule has 1 aromatic rings. The maximum Gasteiger partial charge on any atom is 0.220 e. The van der Waals surface area contributed by atoms with E-state index >= 15 is 0 Å². The number of hydrogen-bond donors (Lipinski definition) is 2. The smallest absolute Gasteiger partial charge is 0.220 e. The lowest BCUT2D eigenvalue weighted by atomic mass is 10.1. The number of nitrogens with two attached hydrogens (primary N) is 1. The highest BCUT2D eigenvalue weighted by atomic mass is 35.5. The summed E-state index contributed by atoms with van der Waals surface area (Å²) >= 11 is 0. The monoisotopic (exact) mass is 393 g/mol. The number of methoxy groups -OCH3 is 2. The Balaban J connectivity index is 0.00000288. The zero-order valence-corrected chi connectivity index (χ0v) is 16.5. The highest BCUT2D eigenvalue weighted by molar-refractivity contribution is 5.85. The molecule has 0 saturated carbocycles. The van der Waals surface area contributed by atoms with E-state index in [-0.39, 0.29) is 30.7 Å². The van der Waals surface area contributed by atoms with E-state index in [2.05, 4.69) is 10.2 Å². The van der Waals surface area contributed by atoms with E-state index in [1.807, 2.05) is 18.2 Å². The Morgan fingerprint density at radius 1 is 1.24 bits per heavy atom. The van der Waals surface area contributed by atoms with Crippen molar-refractivity contribution in [2.24, 2.45) is 11.7 Å². The van der Waals surface area contributed by atoms with E-state index in [0.717, 1.165) is 49.7 Å². The summed E-state index contributed by atoms with van der Waals surface area (Å²) in [5.74, 6) is 2.14. The predicted molar refractivity (Wildman–Crippen MR) is 106 cm³/mol. The molecule has 1 unspecified atom stereocenters. The van der Waals surface area contributed by atoms with Gasteiger partial charge in [0.15, 0.2) is 0 Å². The van der Waals surface area contributed by atoms with Gasteiger partial charge in [0, 0.05) is 49.9 Å². The molecule has 6 nitrogen and oxygen atoms in total. The molecule has 8 heteroatoms. The zero-order valence-electron chi connectivity index (χ0n) is 14.8. The van der Waals surface area contributed by atoms with Crippen LogP contribution < -0.4 is 25.4 Å². The molecule has 144 valence electrons. The number of nitrogens with one attached hydrogen (secondary N) is 1. The first-order chi connectivity index (χ1) is 11.2. The lowest BCUT2D eigenvalue weighted by Gasteiger charge is -2.20. The number of carbonyl (C=O) groups excluding carboxylic acids is 1. The molecule has 1 aliphatic rings. The van der Waals surface area contributed by atoms with Crippen LogP contribution in [0.15, 0.2) is 18.2 Å². The Bertz CT molecular complexity index is 510. The lowest BCUT2D eigenvalue weighted by Crippen LogP contribution is -2.31. The molecule has 2 rings (SSSR count). The minimum Gasteiger partial charge on any atom is -0.497 e. The molecule has 1 aliphatic heterocycles. The summed E-state index contributed by atoms with van der Waals surface area (Å²) in [6.45, 7) is 3.18. The largest absolute Gasteiger partial charge is 0.497 e. The molecule has 0 bridgehead atoms. The minimum absolute atomic E-state index is 0. The first kappa shape index (κ1) is 23.6. The zero-order chi connectivity index (χ0) is 16.7. The molecule has 25 heavy (non-hydrogen) atoms. The number of hydrogen-bond acceptors (Lipinski definition) is 5. The average Bonchev–Trinajstić information content (AvgIpc) is 3.06. The van der Waals surface area contributed by atoms with Crippen molar-refractivity contribution in [3.05, 3.63) is 18.2 Å². The average molecular weight is 394 g/mol. The first-order valence-corrected chi connectivity index (χ1v) is 8.11. The molecule has 0 spiro atoms. The number of carbonyl (C=O) groups is 1. The second kappa shape index (κ2) is 12.1. The lowest BCUT2D eigenvalue weighted by molar-refractivity contribution is -0.121. The molecule has 1 amide bonds. The van der Waals surface area contributed by atoms with Crippen molar-refractivity contribution in [3.63, 3.8) is 0 Å². The number of anilines is 1. The maximum absolute atomic E-state index is 11.7. The van der Waals surface area contributed by atoms with Crippen LogP contribution >= 0.6 is 24.8 Å². The molecule has 1 heterocycles. The molecule has 1 saturated heterocycles. The number of ether oxygens (including phenoxy) is 2. The molecule has 3 N–H and O–H groups in total.